The maximum absolute atomic E-state index is 12.7. The molecule has 33 heavy (non-hydrogen) atoms. The SMILES string of the molecule is CCCCCn1c(CCC(=O)Nc2ccc(SC)cc2)nc2c1c(=O)[nH]c(=O)n2CCCC. The van der Waals surface area contributed by atoms with Crippen LogP contribution in [0, 0.1) is 0 Å². The molecule has 2 aromatic heterocycles. The predicted octanol–water partition coefficient (Wildman–Crippen LogP) is 4.17. The average molecular weight is 472 g/mol. The van der Waals surface area contributed by atoms with Crippen molar-refractivity contribution in [1.82, 2.24) is 19.1 Å². The van der Waals surface area contributed by atoms with E-state index in [1.54, 1.807) is 16.3 Å². The number of thioether (sulfide) groups is 1. The topological polar surface area (TPSA) is 102 Å². The number of carbonyl (C=O) groups is 1. The molecule has 0 unspecified atom stereocenters. The number of nitrogens with one attached hydrogen (secondary N) is 2. The van der Waals surface area contributed by atoms with Gasteiger partial charge in [-0.25, -0.2) is 9.78 Å². The third-order valence-electron chi connectivity index (χ3n) is 5.63. The second-order valence-electron chi connectivity index (χ2n) is 8.10. The lowest BCUT2D eigenvalue weighted by Crippen LogP contribution is -2.31. The minimum atomic E-state index is -0.433. The summed E-state index contributed by atoms with van der Waals surface area (Å²) in [7, 11) is 0. The van der Waals surface area contributed by atoms with Crippen molar-refractivity contribution in [3.63, 3.8) is 0 Å². The van der Waals surface area contributed by atoms with Gasteiger partial charge in [-0.2, -0.15) is 0 Å². The van der Waals surface area contributed by atoms with E-state index in [1.807, 2.05) is 35.1 Å². The second kappa shape index (κ2) is 11.9. The van der Waals surface area contributed by atoms with Gasteiger partial charge in [0.15, 0.2) is 11.2 Å². The van der Waals surface area contributed by atoms with Crippen LogP contribution in [-0.4, -0.2) is 31.3 Å². The average Bonchev–Trinajstić information content (AvgIpc) is 3.17. The molecule has 1 amide bonds. The zero-order valence-corrected chi connectivity index (χ0v) is 20.5. The highest BCUT2D eigenvalue weighted by Crippen LogP contribution is 2.19. The van der Waals surface area contributed by atoms with Crippen LogP contribution in [0.1, 0.15) is 58.2 Å². The fourth-order valence-corrected chi connectivity index (χ4v) is 4.22. The van der Waals surface area contributed by atoms with E-state index >= 15 is 0 Å². The summed E-state index contributed by atoms with van der Waals surface area (Å²) >= 11 is 1.65. The number of aryl methyl sites for hydroxylation is 3. The summed E-state index contributed by atoms with van der Waals surface area (Å²) in [6.07, 6.45) is 7.35. The van der Waals surface area contributed by atoms with Gasteiger partial charge >= 0.3 is 5.69 Å². The molecule has 8 nitrogen and oxygen atoms in total. The minimum absolute atomic E-state index is 0.114. The van der Waals surface area contributed by atoms with Crippen LogP contribution in [0.25, 0.3) is 11.2 Å². The van der Waals surface area contributed by atoms with Crippen molar-refractivity contribution in [3.8, 4) is 0 Å². The van der Waals surface area contributed by atoms with Crippen LogP contribution in [-0.2, 0) is 24.3 Å². The lowest BCUT2D eigenvalue weighted by atomic mass is 10.2. The highest BCUT2D eigenvalue weighted by molar-refractivity contribution is 7.98. The second-order valence-corrected chi connectivity index (χ2v) is 8.98. The van der Waals surface area contributed by atoms with E-state index < -0.39 is 11.2 Å². The molecular formula is C24H33N5O3S. The van der Waals surface area contributed by atoms with Crippen LogP contribution in [0.2, 0.25) is 0 Å². The maximum Gasteiger partial charge on any atom is 0.330 e. The molecule has 0 aliphatic heterocycles. The van der Waals surface area contributed by atoms with E-state index in [0.29, 0.717) is 36.5 Å². The molecule has 9 heteroatoms. The number of hydrogen-bond donors (Lipinski definition) is 2. The molecule has 0 atom stereocenters. The standard InChI is InChI=1S/C24H33N5O3S/c1-4-6-8-16-28-19(13-14-20(30)25-17-9-11-18(33-3)12-10-17)26-22-21(28)23(31)27-24(32)29(22)15-7-5-2/h9-12H,4-8,13-16H2,1-3H3,(H,25,30)(H,27,31,32). The number of benzene rings is 1. The molecular weight excluding hydrogens is 438 g/mol. The fourth-order valence-electron chi connectivity index (χ4n) is 3.82. The molecule has 0 aliphatic carbocycles. The smallest absolute Gasteiger partial charge is 0.326 e. The number of H-pyrrole nitrogens is 1. The Hall–Kier alpha value is -2.81. The summed E-state index contributed by atoms with van der Waals surface area (Å²) in [5.41, 5.74) is 0.731. The van der Waals surface area contributed by atoms with Gasteiger partial charge in [-0.15, -0.1) is 11.8 Å². The summed E-state index contributed by atoms with van der Waals surface area (Å²) in [6, 6.07) is 7.70. The van der Waals surface area contributed by atoms with Gasteiger partial charge in [-0.3, -0.25) is 19.1 Å². The van der Waals surface area contributed by atoms with Gasteiger partial charge in [0.2, 0.25) is 5.91 Å². The van der Waals surface area contributed by atoms with E-state index in [-0.39, 0.29) is 12.3 Å². The largest absolute Gasteiger partial charge is 0.330 e. The molecule has 0 radical (unpaired) electrons. The Labute approximate surface area is 197 Å². The quantitative estimate of drug-likeness (QED) is 0.305. The van der Waals surface area contributed by atoms with E-state index in [0.717, 1.165) is 42.7 Å². The maximum atomic E-state index is 12.7. The Morgan fingerprint density at radius 2 is 1.73 bits per heavy atom. The normalized spacial score (nSPS) is 11.2. The van der Waals surface area contributed by atoms with Crippen molar-refractivity contribution in [2.24, 2.45) is 0 Å². The first-order valence-electron chi connectivity index (χ1n) is 11.6. The van der Waals surface area contributed by atoms with E-state index in [2.05, 4.69) is 24.1 Å². The number of imidazole rings is 1. The molecule has 2 N–H and O–H groups in total. The van der Waals surface area contributed by atoms with Crippen LogP contribution >= 0.6 is 11.8 Å². The molecule has 0 spiro atoms. The van der Waals surface area contributed by atoms with Gasteiger partial charge in [0.05, 0.1) is 0 Å². The Morgan fingerprint density at radius 1 is 1.03 bits per heavy atom. The van der Waals surface area contributed by atoms with Crippen LogP contribution in [0.15, 0.2) is 38.8 Å². The van der Waals surface area contributed by atoms with Crippen LogP contribution in [0.5, 0.6) is 0 Å². The van der Waals surface area contributed by atoms with Crippen LogP contribution in [0.4, 0.5) is 5.69 Å². The van der Waals surface area contributed by atoms with E-state index in [1.165, 1.54) is 0 Å². The number of unbranched alkanes of at least 4 members (excludes halogenated alkanes) is 3. The summed E-state index contributed by atoms with van der Waals surface area (Å²) in [4.78, 5) is 46.0. The lowest BCUT2D eigenvalue weighted by Gasteiger charge is -2.09. The predicted molar refractivity (Wildman–Crippen MR) is 134 cm³/mol. The number of amides is 1. The Kier molecular flexibility index (Phi) is 8.94. The highest BCUT2D eigenvalue weighted by Gasteiger charge is 2.19. The Bertz CT molecular complexity index is 1190. The van der Waals surface area contributed by atoms with Crippen molar-refractivity contribution in [2.45, 2.75) is 76.8 Å². The van der Waals surface area contributed by atoms with Crippen molar-refractivity contribution < 1.29 is 4.79 Å². The number of aromatic nitrogens is 4. The zero-order chi connectivity index (χ0) is 23.8. The molecule has 3 rings (SSSR count). The third kappa shape index (κ3) is 6.16. The van der Waals surface area contributed by atoms with Gasteiger partial charge in [-0.05, 0) is 43.4 Å². The summed E-state index contributed by atoms with van der Waals surface area (Å²) in [5.74, 6) is 0.548. The molecule has 3 aromatic rings. The molecule has 1 aromatic carbocycles. The number of hydrogen-bond acceptors (Lipinski definition) is 5. The molecule has 0 saturated carbocycles. The van der Waals surface area contributed by atoms with Gasteiger partial charge < -0.3 is 9.88 Å². The van der Waals surface area contributed by atoms with Gasteiger partial charge in [0.1, 0.15) is 5.82 Å². The van der Waals surface area contributed by atoms with Crippen molar-refractivity contribution in [2.75, 3.05) is 11.6 Å². The molecule has 0 fully saturated rings. The van der Waals surface area contributed by atoms with Crippen LogP contribution < -0.4 is 16.6 Å². The monoisotopic (exact) mass is 471 g/mol. The minimum Gasteiger partial charge on any atom is -0.326 e. The highest BCUT2D eigenvalue weighted by atomic mass is 32.2. The molecule has 0 bridgehead atoms. The summed E-state index contributed by atoms with van der Waals surface area (Å²) < 4.78 is 3.44. The summed E-state index contributed by atoms with van der Waals surface area (Å²) in [5, 5.41) is 2.92. The molecule has 0 aliphatic rings. The van der Waals surface area contributed by atoms with Crippen molar-refractivity contribution >= 4 is 34.5 Å². The number of nitrogens with zero attached hydrogens (tertiary/aromatic N) is 3. The summed E-state index contributed by atoms with van der Waals surface area (Å²) in [6.45, 7) is 5.31. The number of carbonyl (C=O) groups excluding carboxylic acids is 1. The number of aromatic amines is 1. The Morgan fingerprint density at radius 3 is 2.39 bits per heavy atom. The number of fused-ring (bicyclic) bond motifs is 1. The van der Waals surface area contributed by atoms with Crippen molar-refractivity contribution in [1.29, 1.82) is 0 Å². The first kappa shape index (κ1) is 24.8. The van der Waals surface area contributed by atoms with Crippen LogP contribution in [0.3, 0.4) is 0 Å². The third-order valence-corrected chi connectivity index (χ3v) is 6.38. The van der Waals surface area contributed by atoms with Gasteiger partial charge in [0, 0.05) is 36.5 Å². The van der Waals surface area contributed by atoms with E-state index in [4.69, 9.17) is 4.98 Å². The van der Waals surface area contributed by atoms with E-state index in [9.17, 15) is 14.4 Å². The molecule has 178 valence electrons. The zero-order valence-electron chi connectivity index (χ0n) is 19.6. The van der Waals surface area contributed by atoms with Gasteiger partial charge in [0.25, 0.3) is 5.56 Å². The number of anilines is 1. The lowest BCUT2D eigenvalue weighted by molar-refractivity contribution is -0.116. The first-order chi connectivity index (χ1) is 16.0. The van der Waals surface area contributed by atoms with Crippen molar-refractivity contribution in [3.05, 3.63) is 50.9 Å². The van der Waals surface area contributed by atoms with Gasteiger partial charge in [-0.1, -0.05) is 33.1 Å². The first-order valence-corrected chi connectivity index (χ1v) is 12.9. The fraction of sp³-hybridized carbons (Fsp3) is 0.500. The number of rotatable bonds is 12. The Balaban J connectivity index is 1.87. The molecule has 2 heterocycles. The molecule has 0 saturated heterocycles.